The van der Waals surface area contributed by atoms with Crippen LogP contribution in [-0.2, 0) is 14.2 Å². The van der Waals surface area contributed by atoms with Crippen molar-refractivity contribution < 1.29 is 14.2 Å². The Morgan fingerprint density at radius 2 is 1.45 bits per heavy atom. The van der Waals surface area contributed by atoms with E-state index in [-0.39, 0.29) is 12.4 Å². The molecular weight excluding hydrogens is 276 g/mol. The van der Waals surface area contributed by atoms with Gasteiger partial charge in [-0.2, -0.15) is 0 Å². The Balaban J connectivity index is 1.85. The molecular formula is C19H38O3. The Morgan fingerprint density at radius 3 is 2.18 bits per heavy atom. The molecule has 1 fully saturated rings. The number of rotatable bonds is 15. The molecule has 1 aliphatic rings. The summed E-state index contributed by atoms with van der Waals surface area (Å²) >= 11 is 0. The van der Waals surface area contributed by atoms with Crippen molar-refractivity contribution in [3.63, 3.8) is 0 Å². The molecule has 132 valence electrons. The fraction of sp³-hybridized carbons (Fsp3) is 1.00. The van der Waals surface area contributed by atoms with Crippen molar-refractivity contribution in [1.29, 1.82) is 0 Å². The molecule has 1 aliphatic heterocycles. The first-order valence-electron chi connectivity index (χ1n) is 9.71. The van der Waals surface area contributed by atoms with Crippen LogP contribution >= 0.6 is 0 Å². The number of ether oxygens (including phenoxy) is 3. The maximum absolute atomic E-state index is 5.88. The minimum Gasteiger partial charge on any atom is -0.379 e. The largest absolute Gasteiger partial charge is 0.379 e. The summed E-state index contributed by atoms with van der Waals surface area (Å²) in [6, 6.07) is 0. The van der Waals surface area contributed by atoms with Gasteiger partial charge in [0.1, 0.15) is 6.10 Å². The average Bonchev–Trinajstić information content (AvgIpc) is 2.97. The molecule has 0 aliphatic carbocycles. The van der Waals surface area contributed by atoms with E-state index in [0.717, 1.165) is 13.0 Å². The van der Waals surface area contributed by atoms with Crippen molar-refractivity contribution in [2.75, 3.05) is 19.8 Å². The van der Waals surface area contributed by atoms with Gasteiger partial charge in [0.2, 0.25) is 0 Å². The third kappa shape index (κ3) is 10.6. The van der Waals surface area contributed by atoms with Crippen LogP contribution in [0.5, 0.6) is 0 Å². The standard InChI is InChI=1S/C19H38O3/c1-3-5-7-9-11-13-15-20-16-18-17-21-19(22-18)14-12-10-8-6-4-2/h18-19H,3-17H2,1-2H3. The fourth-order valence-corrected chi connectivity index (χ4v) is 2.86. The first kappa shape index (κ1) is 19.9. The van der Waals surface area contributed by atoms with Crippen molar-refractivity contribution in [2.45, 2.75) is 103 Å². The lowest BCUT2D eigenvalue weighted by Gasteiger charge is -2.12. The maximum Gasteiger partial charge on any atom is 0.158 e. The van der Waals surface area contributed by atoms with Crippen molar-refractivity contribution >= 4 is 0 Å². The van der Waals surface area contributed by atoms with Gasteiger partial charge in [-0.15, -0.1) is 0 Å². The lowest BCUT2D eigenvalue weighted by molar-refractivity contribution is -0.0761. The quantitative estimate of drug-likeness (QED) is 0.375. The van der Waals surface area contributed by atoms with Gasteiger partial charge >= 0.3 is 0 Å². The molecule has 0 aromatic heterocycles. The van der Waals surface area contributed by atoms with Gasteiger partial charge in [-0.25, -0.2) is 0 Å². The molecule has 2 unspecified atom stereocenters. The van der Waals surface area contributed by atoms with E-state index in [9.17, 15) is 0 Å². The maximum atomic E-state index is 5.88. The minimum absolute atomic E-state index is 0.0178. The van der Waals surface area contributed by atoms with Crippen molar-refractivity contribution in [1.82, 2.24) is 0 Å². The fourth-order valence-electron chi connectivity index (χ4n) is 2.86. The second kappa shape index (κ2) is 14.5. The summed E-state index contributed by atoms with van der Waals surface area (Å²) in [5, 5.41) is 0. The molecule has 0 aromatic rings. The zero-order valence-corrected chi connectivity index (χ0v) is 15.0. The second-order valence-electron chi connectivity index (χ2n) is 6.57. The first-order valence-corrected chi connectivity index (χ1v) is 9.71. The van der Waals surface area contributed by atoms with E-state index >= 15 is 0 Å². The first-order chi connectivity index (χ1) is 10.9. The van der Waals surface area contributed by atoms with Gasteiger partial charge in [-0.1, -0.05) is 71.6 Å². The van der Waals surface area contributed by atoms with Crippen molar-refractivity contribution in [3.05, 3.63) is 0 Å². The molecule has 22 heavy (non-hydrogen) atoms. The molecule has 0 radical (unpaired) electrons. The van der Waals surface area contributed by atoms with Gasteiger partial charge < -0.3 is 14.2 Å². The Labute approximate surface area is 138 Å². The predicted octanol–water partition coefficient (Wildman–Crippen LogP) is 5.47. The molecule has 0 amide bonds. The summed E-state index contributed by atoms with van der Waals surface area (Å²) < 4.78 is 17.3. The van der Waals surface area contributed by atoms with Crippen LogP contribution in [0.1, 0.15) is 90.9 Å². The van der Waals surface area contributed by atoms with E-state index in [0.29, 0.717) is 13.2 Å². The lowest BCUT2D eigenvalue weighted by atomic mass is 10.1. The highest BCUT2D eigenvalue weighted by Gasteiger charge is 2.25. The second-order valence-corrected chi connectivity index (χ2v) is 6.57. The van der Waals surface area contributed by atoms with Crippen LogP contribution in [0.15, 0.2) is 0 Å². The zero-order chi connectivity index (χ0) is 15.9. The molecule has 1 rings (SSSR count). The third-order valence-corrected chi connectivity index (χ3v) is 4.30. The molecule has 2 atom stereocenters. The molecule has 0 spiro atoms. The van der Waals surface area contributed by atoms with E-state index in [2.05, 4.69) is 13.8 Å². The van der Waals surface area contributed by atoms with Gasteiger partial charge in [0, 0.05) is 6.61 Å². The molecule has 0 aromatic carbocycles. The smallest absolute Gasteiger partial charge is 0.158 e. The third-order valence-electron chi connectivity index (χ3n) is 4.30. The van der Waals surface area contributed by atoms with Gasteiger partial charge in [0.05, 0.1) is 13.2 Å². The molecule has 0 bridgehead atoms. The summed E-state index contributed by atoms with van der Waals surface area (Å²) in [7, 11) is 0. The Kier molecular flexibility index (Phi) is 13.1. The highest BCUT2D eigenvalue weighted by Crippen LogP contribution is 2.18. The van der Waals surface area contributed by atoms with Crippen LogP contribution in [0.2, 0.25) is 0 Å². The van der Waals surface area contributed by atoms with E-state index in [1.54, 1.807) is 0 Å². The molecule has 3 heteroatoms. The van der Waals surface area contributed by atoms with Gasteiger partial charge in [-0.3, -0.25) is 0 Å². The zero-order valence-electron chi connectivity index (χ0n) is 15.0. The topological polar surface area (TPSA) is 27.7 Å². The SMILES string of the molecule is CCCCCCCCOCC1COC(CCCCCCC)O1. The molecule has 3 nitrogen and oxygen atoms in total. The highest BCUT2D eigenvalue weighted by atomic mass is 16.7. The van der Waals surface area contributed by atoms with Gasteiger partial charge in [0.25, 0.3) is 0 Å². The van der Waals surface area contributed by atoms with Gasteiger partial charge in [-0.05, 0) is 19.3 Å². The van der Waals surface area contributed by atoms with Crippen LogP contribution in [0, 0.1) is 0 Å². The van der Waals surface area contributed by atoms with Crippen LogP contribution in [-0.4, -0.2) is 32.2 Å². The van der Waals surface area contributed by atoms with Crippen LogP contribution < -0.4 is 0 Å². The van der Waals surface area contributed by atoms with Crippen molar-refractivity contribution in [3.8, 4) is 0 Å². The predicted molar refractivity (Wildman–Crippen MR) is 92.2 cm³/mol. The Morgan fingerprint density at radius 1 is 0.818 bits per heavy atom. The Bertz CT molecular complexity index is 233. The normalized spacial score (nSPS) is 21.5. The number of hydrogen-bond acceptors (Lipinski definition) is 3. The monoisotopic (exact) mass is 314 g/mol. The molecule has 0 saturated carbocycles. The van der Waals surface area contributed by atoms with Crippen molar-refractivity contribution in [2.24, 2.45) is 0 Å². The van der Waals surface area contributed by atoms with Gasteiger partial charge in [0.15, 0.2) is 6.29 Å². The van der Waals surface area contributed by atoms with E-state index < -0.39 is 0 Å². The van der Waals surface area contributed by atoms with Crippen LogP contribution in [0.25, 0.3) is 0 Å². The molecule has 0 N–H and O–H groups in total. The molecule has 1 saturated heterocycles. The summed E-state index contributed by atoms with van der Waals surface area (Å²) in [5.41, 5.74) is 0. The van der Waals surface area contributed by atoms with Crippen LogP contribution in [0.4, 0.5) is 0 Å². The summed E-state index contributed by atoms with van der Waals surface area (Å²) in [4.78, 5) is 0. The number of hydrogen-bond donors (Lipinski definition) is 0. The Hall–Kier alpha value is -0.120. The summed E-state index contributed by atoms with van der Waals surface area (Å²) in [5.74, 6) is 0. The van der Waals surface area contributed by atoms with E-state index in [4.69, 9.17) is 14.2 Å². The lowest BCUT2D eigenvalue weighted by Crippen LogP contribution is -2.19. The van der Waals surface area contributed by atoms with E-state index in [1.165, 1.54) is 70.6 Å². The summed E-state index contributed by atoms with van der Waals surface area (Å²) in [6.45, 7) is 6.77. The average molecular weight is 315 g/mol. The van der Waals surface area contributed by atoms with Crippen LogP contribution in [0.3, 0.4) is 0 Å². The molecule has 1 heterocycles. The minimum atomic E-state index is 0.0178. The number of unbranched alkanes of at least 4 members (excludes halogenated alkanes) is 9. The highest BCUT2D eigenvalue weighted by molar-refractivity contribution is 4.65. The summed E-state index contributed by atoms with van der Waals surface area (Å²) in [6.07, 6.45) is 15.6. The van der Waals surface area contributed by atoms with E-state index in [1.807, 2.05) is 0 Å².